The molecule has 0 aliphatic carbocycles. The van der Waals surface area contributed by atoms with E-state index in [-0.39, 0.29) is 0 Å². The zero-order valence-electron chi connectivity index (χ0n) is 22.5. The Hall–Kier alpha value is -0.370. The molecule has 0 aromatic carbocycles. The van der Waals surface area contributed by atoms with Crippen molar-refractivity contribution in [2.24, 2.45) is 17.8 Å². The van der Waals surface area contributed by atoms with Gasteiger partial charge in [-0.2, -0.15) is 0 Å². The summed E-state index contributed by atoms with van der Waals surface area (Å²) in [5.41, 5.74) is 0. The smallest absolute Gasteiger partial charge is 0.129 e. The minimum atomic E-state index is 0.347. The Bertz CT molecular complexity index is 392. The zero-order valence-corrected chi connectivity index (χ0v) is 22.5. The Morgan fingerprint density at radius 2 is 0.871 bits per heavy atom. The molecule has 2 nitrogen and oxygen atoms in total. The molecule has 1 heterocycles. The number of ketones is 1. The summed E-state index contributed by atoms with van der Waals surface area (Å²) in [6, 6.07) is 0. The lowest BCUT2D eigenvalue weighted by molar-refractivity contribution is -0.117. The highest BCUT2D eigenvalue weighted by molar-refractivity contribution is 5.75. The fourth-order valence-corrected chi connectivity index (χ4v) is 4.67. The second-order valence-electron chi connectivity index (χ2n) is 10.5. The minimum absolute atomic E-state index is 0.347. The number of carbonyl (C=O) groups excluding carboxylic acids is 1. The molecule has 0 saturated carbocycles. The fraction of sp³-hybridized carbons (Fsp3) is 0.966. The monoisotopic (exact) mass is 438 g/mol. The standard InChI is InChI=1S/C19H38O.C10H20O/c1-3-4-5-6-7-8-9-10-11-12-13-14-15-16-17-18-19(2)20;1-6-7(2)9(4)11-10(5)8(6)3/h3-18H2,1-2H3;6-10H,1-5H3/t;6?,7-,8?,9?,10-/m.0/s1. The van der Waals surface area contributed by atoms with Gasteiger partial charge in [0.2, 0.25) is 0 Å². The fourth-order valence-electron chi connectivity index (χ4n) is 4.67. The van der Waals surface area contributed by atoms with E-state index >= 15 is 0 Å². The minimum Gasteiger partial charge on any atom is -0.375 e. The Labute approximate surface area is 196 Å². The van der Waals surface area contributed by atoms with Crippen LogP contribution in [0.3, 0.4) is 0 Å². The van der Waals surface area contributed by atoms with Gasteiger partial charge >= 0.3 is 0 Å². The Balaban J connectivity index is 0.000000683. The van der Waals surface area contributed by atoms with Crippen LogP contribution in [0.15, 0.2) is 0 Å². The van der Waals surface area contributed by atoms with E-state index in [2.05, 4.69) is 41.5 Å². The van der Waals surface area contributed by atoms with E-state index in [1.165, 1.54) is 89.9 Å². The zero-order chi connectivity index (χ0) is 23.5. The average molecular weight is 439 g/mol. The molecule has 0 aromatic rings. The van der Waals surface area contributed by atoms with Crippen molar-refractivity contribution in [3.8, 4) is 0 Å². The van der Waals surface area contributed by atoms with E-state index in [1.807, 2.05) is 0 Å². The van der Waals surface area contributed by atoms with E-state index in [9.17, 15) is 4.79 Å². The van der Waals surface area contributed by atoms with Gasteiger partial charge in [0.25, 0.3) is 0 Å². The number of hydrogen-bond donors (Lipinski definition) is 0. The van der Waals surface area contributed by atoms with E-state index < -0.39 is 0 Å². The van der Waals surface area contributed by atoms with Crippen LogP contribution < -0.4 is 0 Å². The molecule has 0 amide bonds. The first kappa shape index (κ1) is 30.6. The van der Waals surface area contributed by atoms with E-state index in [0.717, 1.165) is 18.8 Å². The largest absolute Gasteiger partial charge is 0.375 e. The number of hydrogen-bond acceptors (Lipinski definition) is 2. The summed E-state index contributed by atoms with van der Waals surface area (Å²) in [6.07, 6.45) is 22.4. The summed E-state index contributed by atoms with van der Waals surface area (Å²) in [5, 5.41) is 0. The van der Waals surface area contributed by atoms with Gasteiger partial charge in [-0.3, -0.25) is 0 Å². The first-order valence-corrected chi connectivity index (χ1v) is 14.0. The second-order valence-corrected chi connectivity index (χ2v) is 10.5. The SMILES string of the molecule is CC1O[C@@H](C)C(C)C(C)[C@@H]1C.CCCCCCCCCCCCCCCCCC(C)=O. The van der Waals surface area contributed by atoms with Gasteiger partial charge in [-0.15, -0.1) is 0 Å². The lowest BCUT2D eigenvalue weighted by Crippen LogP contribution is -2.41. The molecule has 1 aliphatic heterocycles. The number of rotatable bonds is 16. The molecule has 2 heteroatoms. The highest BCUT2D eigenvalue weighted by Gasteiger charge is 2.34. The molecule has 1 aliphatic rings. The van der Waals surface area contributed by atoms with Gasteiger partial charge < -0.3 is 9.53 Å². The van der Waals surface area contributed by atoms with Crippen molar-refractivity contribution in [2.45, 2.75) is 163 Å². The predicted molar refractivity (Wildman–Crippen MR) is 138 cm³/mol. The van der Waals surface area contributed by atoms with Gasteiger partial charge in [-0.05, 0) is 44.9 Å². The number of unbranched alkanes of at least 4 members (excludes halogenated alkanes) is 14. The summed E-state index contributed by atoms with van der Waals surface area (Å²) in [6.45, 7) is 15.3. The van der Waals surface area contributed by atoms with E-state index in [1.54, 1.807) is 6.92 Å². The molecule has 0 radical (unpaired) electrons. The third kappa shape index (κ3) is 16.9. The molecule has 3 unspecified atom stereocenters. The lowest BCUT2D eigenvalue weighted by atomic mass is 9.77. The Morgan fingerprint density at radius 1 is 0.548 bits per heavy atom. The van der Waals surface area contributed by atoms with Crippen LogP contribution in [0.1, 0.15) is 151 Å². The molecule has 0 spiro atoms. The topological polar surface area (TPSA) is 26.3 Å². The van der Waals surface area contributed by atoms with Crippen molar-refractivity contribution in [2.75, 3.05) is 0 Å². The van der Waals surface area contributed by atoms with Crippen LogP contribution in [-0.4, -0.2) is 18.0 Å². The molecule has 0 aromatic heterocycles. The normalized spacial score (nSPS) is 25.7. The molecule has 1 fully saturated rings. The molecule has 1 saturated heterocycles. The van der Waals surface area contributed by atoms with Crippen molar-refractivity contribution < 1.29 is 9.53 Å². The summed E-state index contributed by atoms with van der Waals surface area (Å²) in [4.78, 5) is 10.8. The van der Waals surface area contributed by atoms with Gasteiger partial charge in [-0.25, -0.2) is 0 Å². The van der Waals surface area contributed by atoms with Crippen molar-refractivity contribution in [1.29, 1.82) is 0 Å². The maximum Gasteiger partial charge on any atom is 0.129 e. The van der Waals surface area contributed by atoms with Gasteiger partial charge in [0, 0.05) is 6.42 Å². The van der Waals surface area contributed by atoms with Gasteiger partial charge in [0.1, 0.15) is 5.78 Å². The average Bonchev–Trinajstić information content (AvgIpc) is 2.74. The van der Waals surface area contributed by atoms with Gasteiger partial charge in [0.15, 0.2) is 0 Å². The van der Waals surface area contributed by atoms with Crippen molar-refractivity contribution in [1.82, 2.24) is 0 Å². The first-order valence-electron chi connectivity index (χ1n) is 14.0. The van der Waals surface area contributed by atoms with Crippen LogP contribution in [0.25, 0.3) is 0 Å². The van der Waals surface area contributed by atoms with Crippen LogP contribution in [0, 0.1) is 17.8 Å². The Morgan fingerprint density at radius 3 is 1.19 bits per heavy atom. The van der Waals surface area contributed by atoms with Crippen LogP contribution in [0.5, 0.6) is 0 Å². The van der Waals surface area contributed by atoms with Crippen molar-refractivity contribution in [3.63, 3.8) is 0 Å². The van der Waals surface area contributed by atoms with Crippen LogP contribution in [0.4, 0.5) is 0 Å². The van der Waals surface area contributed by atoms with Gasteiger partial charge in [0.05, 0.1) is 12.2 Å². The lowest BCUT2D eigenvalue weighted by Gasteiger charge is -2.41. The van der Waals surface area contributed by atoms with Crippen molar-refractivity contribution in [3.05, 3.63) is 0 Å². The molecule has 31 heavy (non-hydrogen) atoms. The number of Topliss-reactive ketones (excluding diaryl/α,β-unsaturated/α-hetero) is 1. The summed E-state index contributed by atoms with van der Waals surface area (Å²) in [5.74, 6) is 2.57. The third-order valence-electron chi connectivity index (χ3n) is 7.70. The molecule has 0 N–H and O–H groups in total. The summed E-state index contributed by atoms with van der Waals surface area (Å²) >= 11 is 0. The number of ether oxygens (including phenoxy) is 1. The Kier molecular flexibility index (Phi) is 20.0. The molecule has 186 valence electrons. The predicted octanol–water partition coefficient (Wildman–Crippen LogP) is 9.54. The molecule has 1 rings (SSSR count). The maximum absolute atomic E-state index is 10.8. The maximum atomic E-state index is 10.8. The molecule has 0 bridgehead atoms. The van der Waals surface area contributed by atoms with Crippen molar-refractivity contribution >= 4 is 5.78 Å². The van der Waals surface area contributed by atoms with Crippen LogP contribution in [0.2, 0.25) is 0 Å². The molecular weight excluding hydrogens is 380 g/mol. The first-order chi connectivity index (χ1) is 14.8. The number of carbonyl (C=O) groups is 1. The van der Waals surface area contributed by atoms with E-state index in [4.69, 9.17) is 4.74 Å². The van der Waals surface area contributed by atoms with Gasteiger partial charge in [-0.1, -0.05) is 118 Å². The van der Waals surface area contributed by atoms with Crippen LogP contribution >= 0.6 is 0 Å². The summed E-state index contributed by atoms with van der Waals surface area (Å²) in [7, 11) is 0. The quantitative estimate of drug-likeness (QED) is 0.224. The highest BCUT2D eigenvalue weighted by atomic mass is 16.5. The summed E-state index contributed by atoms with van der Waals surface area (Å²) < 4.78 is 5.78. The third-order valence-corrected chi connectivity index (χ3v) is 7.70. The van der Waals surface area contributed by atoms with Crippen LogP contribution in [-0.2, 0) is 9.53 Å². The molecular formula is C29H58O2. The second kappa shape index (κ2) is 20.3. The highest BCUT2D eigenvalue weighted by Crippen LogP contribution is 2.34. The molecule has 5 atom stereocenters. The van der Waals surface area contributed by atoms with E-state index in [0.29, 0.717) is 29.8 Å².